The van der Waals surface area contributed by atoms with Gasteiger partial charge in [-0.25, -0.2) is 4.79 Å². The first-order chi connectivity index (χ1) is 12.0. The number of hydrogen-bond donors (Lipinski definition) is 4. The SMILES string of the molecule is Cc1cc(=O)c2cccc(-c3cccc4[nH]c(=O)[nH]c34)c2[nH]1.O=CO. The number of carbonyl (C=O) groups is 1. The smallest absolute Gasteiger partial charge is 0.323 e. The Labute approximate surface area is 141 Å². The Morgan fingerprint density at radius 3 is 2.28 bits per heavy atom. The molecule has 2 aromatic carbocycles. The summed E-state index contributed by atoms with van der Waals surface area (Å²) in [5.41, 5.74) is 4.58. The molecular formula is C18H15N3O4. The molecule has 4 aromatic rings. The number of para-hydroxylation sites is 2. The quantitative estimate of drug-likeness (QED) is 0.399. The van der Waals surface area contributed by atoms with Gasteiger partial charge in [-0.3, -0.25) is 9.59 Å². The van der Waals surface area contributed by atoms with E-state index in [0.717, 1.165) is 33.4 Å². The zero-order valence-corrected chi connectivity index (χ0v) is 13.3. The Bertz CT molecular complexity index is 1180. The number of nitrogens with one attached hydrogen (secondary N) is 3. The molecule has 0 amide bonds. The molecular weight excluding hydrogens is 322 g/mol. The first-order valence-corrected chi connectivity index (χ1v) is 7.47. The van der Waals surface area contributed by atoms with Crippen LogP contribution >= 0.6 is 0 Å². The van der Waals surface area contributed by atoms with E-state index in [1.165, 1.54) is 0 Å². The second kappa shape index (κ2) is 6.48. The van der Waals surface area contributed by atoms with Crippen LogP contribution in [0, 0.1) is 6.92 Å². The van der Waals surface area contributed by atoms with E-state index in [0.29, 0.717) is 5.39 Å². The van der Waals surface area contributed by atoms with E-state index in [1.807, 2.05) is 37.3 Å². The Kier molecular flexibility index (Phi) is 4.21. The van der Waals surface area contributed by atoms with Crippen LogP contribution < -0.4 is 11.1 Å². The number of aromatic amines is 3. The van der Waals surface area contributed by atoms with Crippen molar-refractivity contribution in [2.24, 2.45) is 0 Å². The van der Waals surface area contributed by atoms with Crippen molar-refractivity contribution in [1.29, 1.82) is 0 Å². The van der Waals surface area contributed by atoms with Crippen molar-refractivity contribution in [3.05, 3.63) is 68.9 Å². The third kappa shape index (κ3) is 2.94. The molecule has 25 heavy (non-hydrogen) atoms. The van der Waals surface area contributed by atoms with Gasteiger partial charge in [0.1, 0.15) is 0 Å². The van der Waals surface area contributed by atoms with Gasteiger partial charge in [0.2, 0.25) is 0 Å². The van der Waals surface area contributed by atoms with Crippen molar-refractivity contribution in [2.75, 3.05) is 0 Å². The minimum absolute atomic E-state index is 0.0113. The molecule has 0 spiro atoms. The number of aromatic nitrogens is 3. The van der Waals surface area contributed by atoms with Crippen molar-refractivity contribution in [3.8, 4) is 11.1 Å². The fourth-order valence-corrected chi connectivity index (χ4v) is 2.91. The molecule has 0 saturated carbocycles. The van der Waals surface area contributed by atoms with Gasteiger partial charge < -0.3 is 20.1 Å². The molecule has 0 unspecified atom stereocenters. The summed E-state index contributed by atoms with van der Waals surface area (Å²) in [7, 11) is 0. The minimum Gasteiger partial charge on any atom is -0.483 e. The van der Waals surface area contributed by atoms with E-state index in [4.69, 9.17) is 9.90 Å². The molecule has 126 valence electrons. The van der Waals surface area contributed by atoms with E-state index in [1.54, 1.807) is 12.1 Å². The van der Waals surface area contributed by atoms with Gasteiger partial charge in [-0.05, 0) is 19.1 Å². The molecule has 7 nitrogen and oxygen atoms in total. The van der Waals surface area contributed by atoms with Crippen LogP contribution in [0.5, 0.6) is 0 Å². The van der Waals surface area contributed by atoms with Crippen LogP contribution in [-0.2, 0) is 4.79 Å². The van der Waals surface area contributed by atoms with E-state index >= 15 is 0 Å². The Morgan fingerprint density at radius 2 is 1.56 bits per heavy atom. The lowest BCUT2D eigenvalue weighted by Crippen LogP contribution is -2.03. The van der Waals surface area contributed by atoms with E-state index in [2.05, 4.69) is 15.0 Å². The first kappa shape index (κ1) is 16.3. The van der Waals surface area contributed by atoms with Gasteiger partial charge in [-0.1, -0.05) is 24.3 Å². The standard InChI is InChI=1S/C17H13N3O2.CH2O2/c1-9-8-14(21)12-6-2-4-10(15(12)18-9)11-5-3-7-13-16(11)20-17(22)19-13;2-1-3/h2-8H,1H3,(H,18,21)(H2,19,20,22);1H,(H,2,3). The normalized spacial score (nSPS) is 10.4. The van der Waals surface area contributed by atoms with E-state index in [9.17, 15) is 9.59 Å². The molecule has 4 rings (SSSR count). The molecule has 4 N–H and O–H groups in total. The van der Waals surface area contributed by atoms with Crippen molar-refractivity contribution in [1.82, 2.24) is 15.0 Å². The maximum absolute atomic E-state index is 12.2. The maximum Gasteiger partial charge on any atom is 0.323 e. The molecule has 0 aliphatic heterocycles. The van der Waals surface area contributed by atoms with Crippen LogP contribution in [0.1, 0.15) is 5.69 Å². The van der Waals surface area contributed by atoms with Gasteiger partial charge in [-0.2, -0.15) is 0 Å². The van der Waals surface area contributed by atoms with Crippen LogP contribution in [-0.4, -0.2) is 26.5 Å². The second-order valence-corrected chi connectivity index (χ2v) is 5.46. The average molecular weight is 337 g/mol. The van der Waals surface area contributed by atoms with Gasteiger partial charge in [0.25, 0.3) is 6.47 Å². The molecule has 0 radical (unpaired) electrons. The third-order valence-corrected chi connectivity index (χ3v) is 3.84. The van der Waals surface area contributed by atoms with Gasteiger partial charge >= 0.3 is 5.69 Å². The summed E-state index contributed by atoms with van der Waals surface area (Å²) < 4.78 is 0. The second-order valence-electron chi connectivity index (χ2n) is 5.46. The molecule has 0 aliphatic rings. The molecule has 0 fully saturated rings. The molecule has 2 heterocycles. The number of benzene rings is 2. The summed E-state index contributed by atoms with van der Waals surface area (Å²) >= 11 is 0. The summed E-state index contributed by atoms with van der Waals surface area (Å²) in [6, 6.07) is 12.8. The summed E-state index contributed by atoms with van der Waals surface area (Å²) in [6.07, 6.45) is 0. The molecule has 0 bridgehead atoms. The van der Waals surface area contributed by atoms with E-state index in [-0.39, 0.29) is 17.6 Å². The molecule has 0 aliphatic carbocycles. The average Bonchev–Trinajstić information content (AvgIpc) is 2.95. The summed E-state index contributed by atoms with van der Waals surface area (Å²) in [5, 5.41) is 7.53. The molecule has 0 saturated heterocycles. The molecule has 0 atom stereocenters. The maximum atomic E-state index is 12.2. The zero-order chi connectivity index (χ0) is 18.0. The molecule has 2 aromatic heterocycles. The number of pyridine rings is 1. The Balaban J connectivity index is 0.000000569. The van der Waals surface area contributed by atoms with Crippen LogP contribution in [0.2, 0.25) is 0 Å². The lowest BCUT2D eigenvalue weighted by molar-refractivity contribution is -0.122. The van der Waals surface area contributed by atoms with Crippen molar-refractivity contribution in [3.63, 3.8) is 0 Å². The summed E-state index contributed by atoms with van der Waals surface area (Å²) in [4.78, 5) is 40.9. The highest BCUT2D eigenvalue weighted by molar-refractivity contribution is 6.01. The topological polar surface area (TPSA) is 119 Å². The highest BCUT2D eigenvalue weighted by Crippen LogP contribution is 2.30. The zero-order valence-electron chi connectivity index (χ0n) is 13.3. The number of rotatable bonds is 1. The highest BCUT2D eigenvalue weighted by Gasteiger charge is 2.11. The third-order valence-electron chi connectivity index (χ3n) is 3.84. The first-order valence-electron chi connectivity index (χ1n) is 7.47. The van der Waals surface area contributed by atoms with Crippen LogP contribution in [0.15, 0.2) is 52.1 Å². The Morgan fingerprint density at radius 1 is 0.920 bits per heavy atom. The fourth-order valence-electron chi connectivity index (χ4n) is 2.91. The van der Waals surface area contributed by atoms with E-state index < -0.39 is 0 Å². The van der Waals surface area contributed by atoms with Gasteiger partial charge in [0.05, 0.1) is 16.6 Å². The lowest BCUT2D eigenvalue weighted by Gasteiger charge is -2.08. The van der Waals surface area contributed by atoms with Crippen molar-refractivity contribution < 1.29 is 9.90 Å². The largest absolute Gasteiger partial charge is 0.483 e. The van der Waals surface area contributed by atoms with Crippen LogP contribution in [0.25, 0.3) is 33.1 Å². The predicted octanol–water partition coefficient (Wildman–Crippen LogP) is 2.37. The van der Waals surface area contributed by atoms with Crippen LogP contribution in [0.4, 0.5) is 0 Å². The lowest BCUT2D eigenvalue weighted by atomic mass is 10.0. The summed E-state index contributed by atoms with van der Waals surface area (Å²) in [6.45, 7) is 1.61. The van der Waals surface area contributed by atoms with Gasteiger partial charge in [0, 0.05) is 28.3 Å². The van der Waals surface area contributed by atoms with Crippen molar-refractivity contribution in [2.45, 2.75) is 6.92 Å². The van der Waals surface area contributed by atoms with Gasteiger partial charge in [-0.15, -0.1) is 0 Å². The number of fused-ring (bicyclic) bond motifs is 2. The Hall–Kier alpha value is -3.61. The number of hydrogen-bond acceptors (Lipinski definition) is 3. The predicted molar refractivity (Wildman–Crippen MR) is 95.9 cm³/mol. The number of imidazole rings is 1. The molecule has 7 heteroatoms. The number of carboxylic acid groups (broad SMARTS) is 1. The minimum atomic E-state index is -0.250. The highest BCUT2D eigenvalue weighted by atomic mass is 16.3. The number of H-pyrrole nitrogens is 3. The fraction of sp³-hybridized carbons (Fsp3) is 0.0556. The summed E-state index contributed by atoms with van der Waals surface area (Å²) in [5.74, 6) is 0. The number of aryl methyl sites for hydroxylation is 1. The van der Waals surface area contributed by atoms with Gasteiger partial charge in [0.15, 0.2) is 5.43 Å². The monoisotopic (exact) mass is 337 g/mol. The van der Waals surface area contributed by atoms with Crippen molar-refractivity contribution >= 4 is 28.4 Å². The van der Waals surface area contributed by atoms with Crippen LogP contribution in [0.3, 0.4) is 0 Å².